The topological polar surface area (TPSA) is 72.6 Å². The largest absolute Gasteiger partial charge is 0.441 e. The molecule has 0 rings (SSSR count). The monoisotopic (exact) mass is 175 g/mol. The minimum Gasteiger partial charge on any atom is -0.441 e. The number of ether oxygens (including phenoxy) is 1. The van der Waals surface area contributed by atoms with Gasteiger partial charge in [-0.05, 0) is 19.8 Å². The molecule has 4 heteroatoms. The molecule has 0 unspecified atom stereocenters. The number of nitrogens with two attached hydrogens (primary N) is 1. The first-order valence-corrected chi connectivity index (χ1v) is 4.13. The Balaban J connectivity index is 3.95. The molecule has 0 radical (unpaired) electrons. The Hall–Kier alpha value is -0.770. The summed E-state index contributed by atoms with van der Waals surface area (Å²) in [7, 11) is 0. The number of hydrogen-bond acceptors (Lipinski definition) is 3. The predicted octanol–water partition coefficient (Wildman–Crippen LogP) is 1.02. The van der Waals surface area contributed by atoms with E-state index in [1.54, 1.807) is 6.92 Å². The third-order valence-corrected chi connectivity index (χ3v) is 1.74. The molecule has 1 amide bonds. The molecule has 0 aliphatic rings. The number of aliphatic hydroxyl groups excluding tert-OH is 1. The summed E-state index contributed by atoms with van der Waals surface area (Å²) < 4.78 is 4.78. The lowest BCUT2D eigenvalue weighted by Gasteiger charge is -2.26. The first-order valence-electron chi connectivity index (χ1n) is 4.13. The first kappa shape index (κ1) is 11.2. The summed E-state index contributed by atoms with van der Waals surface area (Å²) >= 11 is 0. The highest BCUT2D eigenvalue weighted by Gasteiger charge is 2.26. The number of rotatable bonds is 5. The molecule has 0 heterocycles. The molecule has 3 N–H and O–H groups in total. The summed E-state index contributed by atoms with van der Waals surface area (Å²) in [4.78, 5) is 10.4. The number of hydrogen-bond donors (Lipinski definition) is 2. The predicted molar refractivity (Wildman–Crippen MR) is 45.7 cm³/mol. The van der Waals surface area contributed by atoms with Crippen LogP contribution in [0.1, 0.15) is 33.1 Å². The third kappa shape index (κ3) is 4.18. The average molecular weight is 175 g/mol. The van der Waals surface area contributed by atoms with Crippen LogP contribution >= 0.6 is 0 Å². The summed E-state index contributed by atoms with van der Waals surface area (Å²) in [6.07, 6.45) is 1.72. The first-order chi connectivity index (χ1) is 5.54. The highest BCUT2D eigenvalue weighted by Crippen LogP contribution is 2.17. The Morgan fingerprint density at radius 3 is 2.58 bits per heavy atom. The molecule has 0 aromatic heterocycles. The molecule has 0 bridgehead atoms. The van der Waals surface area contributed by atoms with Gasteiger partial charge in [0.05, 0.1) is 6.61 Å². The van der Waals surface area contributed by atoms with Gasteiger partial charge in [-0.3, -0.25) is 0 Å². The van der Waals surface area contributed by atoms with Crippen LogP contribution in [0.4, 0.5) is 4.79 Å². The van der Waals surface area contributed by atoms with E-state index in [1.807, 2.05) is 6.92 Å². The fourth-order valence-electron chi connectivity index (χ4n) is 0.956. The minimum absolute atomic E-state index is 0.185. The highest BCUT2D eigenvalue weighted by molar-refractivity contribution is 5.65. The van der Waals surface area contributed by atoms with Gasteiger partial charge in [-0.25, -0.2) is 4.79 Å². The quantitative estimate of drug-likeness (QED) is 0.655. The molecule has 0 aromatic rings. The summed E-state index contributed by atoms with van der Waals surface area (Å²) in [6.45, 7) is 3.52. The maximum Gasteiger partial charge on any atom is 0.405 e. The molecular weight excluding hydrogens is 158 g/mol. The number of amides is 1. The van der Waals surface area contributed by atoms with Gasteiger partial charge in [0, 0.05) is 0 Å². The molecule has 0 spiro atoms. The Kier molecular flexibility index (Phi) is 4.66. The molecule has 0 aliphatic heterocycles. The molecule has 0 aliphatic carbocycles. The number of unbranched alkanes of at least 4 members (excludes halogenated alkanes) is 1. The lowest BCUT2D eigenvalue weighted by Crippen LogP contribution is -2.37. The van der Waals surface area contributed by atoms with Gasteiger partial charge in [-0.1, -0.05) is 13.3 Å². The molecular formula is C8H17NO3. The second kappa shape index (κ2) is 4.98. The zero-order valence-corrected chi connectivity index (χ0v) is 7.67. The van der Waals surface area contributed by atoms with Crippen molar-refractivity contribution in [3.8, 4) is 0 Å². The van der Waals surface area contributed by atoms with E-state index in [9.17, 15) is 4.79 Å². The Morgan fingerprint density at radius 1 is 1.67 bits per heavy atom. The van der Waals surface area contributed by atoms with Gasteiger partial charge >= 0.3 is 6.09 Å². The second-order valence-electron chi connectivity index (χ2n) is 3.13. The summed E-state index contributed by atoms with van der Waals surface area (Å²) in [5.74, 6) is 0. The standard InChI is InChI=1S/C8H17NO3/c1-3-4-5-8(2,6-10)12-7(9)11/h10H,3-6H2,1-2H3,(H2,9,11)/t8-/m1/s1. The Bertz CT molecular complexity index is 149. The van der Waals surface area contributed by atoms with Crippen molar-refractivity contribution in [2.45, 2.75) is 38.7 Å². The van der Waals surface area contributed by atoms with Crippen LogP contribution in [0.25, 0.3) is 0 Å². The SMILES string of the molecule is CCCC[C@](C)(CO)OC(N)=O. The van der Waals surface area contributed by atoms with Gasteiger partial charge in [0.1, 0.15) is 5.60 Å². The van der Waals surface area contributed by atoms with Gasteiger partial charge in [0.2, 0.25) is 0 Å². The maximum atomic E-state index is 10.4. The molecule has 0 aromatic carbocycles. The van der Waals surface area contributed by atoms with E-state index < -0.39 is 11.7 Å². The van der Waals surface area contributed by atoms with Crippen molar-refractivity contribution in [2.75, 3.05) is 6.61 Å². The summed E-state index contributed by atoms with van der Waals surface area (Å²) in [5.41, 5.74) is 4.05. The Labute approximate surface area is 72.7 Å². The van der Waals surface area contributed by atoms with E-state index in [0.717, 1.165) is 12.8 Å². The van der Waals surface area contributed by atoms with Gasteiger partial charge in [-0.2, -0.15) is 0 Å². The van der Waals surface area contributed by atoms with E-state index >= 15 is 0 Å². The second-order valence-corrected chi connectivity index (χ2v) is 3.13. The number of aliphatic hydroxyl groups is 1. The summed E-state index contributed by atoms with van der Waals surface area (Å²) in [6, 6.07) is 0. The van der Waals surface area contributed by atoms with E-state index in [0.29, 0.717) is 6.42 Å². The van der Waals surface area contributed by atoms with Crippen molar-refractivity contribution in [1.29, 1.82) is 0 Å². The van der Waals surface area contributed by atoms with Crippen molar-refractivity contribution in [2.24, 2.45) is 5.73 Å². The van der Waals surface area contributed by atoms with Crippen molar-refractivity contribution in [3.05, 3.63) is 0 Å². The van der Waals surface area contributed by atoms with E-state index in [2.05, 4.69) is 0 Å². The van der Waals surface area contributed by atoms with Crippen LogP contribution in [0, 0.1) is 0 Å². The van der Waals surface area contributed by atoms with Gasteiger partial charge in [-0.15, -0.1) is 0 Å². The maximum absolute atomic E-state index is 10.4. The highest BCUT2D eigenvalue weighted by atomic mass is 16.6. The van der Waals surface area contributed by atoms with Crippen LogP contribution in [0.2, 0.25) is 0 Å². The zero-order chi connectivity index (χ0) is 9.61. The molecule has 4 nitrogen and oxygen atoms in total. The van der Waals surface area contributed by atoms with Crippen molar-refractivity contribution in [1.82, 2.24) is 0 Å². The normalized spacial score (nSPS) is 15.2. The smallest absolute Gasteiger partial charge is 0.405 e. The fourth-order valence-corrected chi connectivity index (χ4v) is 0.956. The fraction of sp³-hybridized carbons (Fsp3) is 0.875. The number of carbonyl (C=O) groups excluding carboxylic acids is 1. The minimum atomic E-state index is -0.831. The van der Waals surface area contributed by atoms with Gasteiger partial charge in [0.15, 0.2) is 0 Å². The number of primary amides is 1. The van der Waals surface area contributed by atoms with E-state index in [-0.39, 0.29) is 6.61 Å². The third-order valence-electron chi connectivity index (χ3n) is 1.74. The Morgan fingerprint density at radius 2 is 2.25 bits per heavy atom. The van der Waals surface area contributed by atoms with Crippen LogP contribution in [0.3, 0.4) is 0 Å². The molecule has 0 saturated carbocycles. The van der Waals surface area contributed by atoms with Crippen LogP contribution in [-0.2, 0) is 4.74 Å². The van der Waals surface area contributed by atoms with Crippen LogP contribution in [0.5, 0.6) is 0 Å². The average Bonchev–Trinajstić information content (AvgIpc) is 2.00. The van der Waals surface area contributed by atoms with Crippen molar-refractivity contribution < 1.29 is 14.6 Å². The van der Waals surface area contributed by atoms with E-state index in [1.165, 1.54) is 0 Å². The molecule has 12 heavy (non-hydrogen) atoms. The van der Waals surface area contributed by atoms with Crippen LogP contribution < -0.4 is 5.73 Å². The lowest BCUT2D eigenvalue weighted by atomic mass is 10.0. The van der Waals surface area contributed by atoms with E-state index in [4.69, 9.17) is 15.6 Å². The van der Waals surface area contributed by atoms with Crippen LogP contribution in [-0.4, -0.2) is 23.4 Å². The van der Waals surface area contributed by atoms with Crippen molar-refractivity contribution >= 4 is 6.09 Å². The molecule has 0 saturated heterocycles. The zero-order valence-electron chi connectivity index (χ0n) is 7.67. The summed E-state index contributed by atoms with van der Waals surface area (Å²) in [5, 5.41) is 8.93. The van der Waals surface area contributed by atoms with Gasteiger partial charge < -0.3 is 15.6 Å². The molecule has 72 valence electrons. The number of carbonyl (C=O) groups is 1. The molecule has 0 fully saturated rings. The molecule has 1 atom stereocenters. The van der Waals surface area contributed by atoms with Crippen LogP contribution in [0.15, 0.2) is 0 Å². The lowest BCUT2D eigenvalue weighted by molar-refractivity contribution is -0.0197. The van der Waals surface area contributed by atoms with Gasteiger partial charge in [0.25, 0.3) is 0 Å². The van der Waals surface area contributed by atoms with Crippen molar-refractivity contribution in [3.63, 3.8) is 0 Å².